The number of amides is 1. The van der Waals surface area contributed by atoms with Gasteiger partial charge in [0, 0.05) is 18.6 Å². The summed E-state index contributed by atoms with van der Waals surface area (Å²) in [5.41, 5.74) is 0. The number of rotatable bonds is 2. The van der Waals surface area contributed by atoms with Gasteiger partial charge in [-0.25, -0.2) is 0 Å². The first kappa shape index (κ1) is 12.4. The van der Waals surface area contributed by atoms with E-state index in [0.717, 1.165) is 31.8 Å². The maximum atomic E-state index is 12.4. The molecule has 3 atom stereocenters. The van der Waals surface area contributed by atoms with Crippen LogP contribution in [0.3, 0.4) is 0 Å². The summed E-state index contributed by atoms with van der Waals surface area (Å²) in [6, 6.07) is 0.744. The van der Waals surface area contributed by atoms with E-state index in [4.69, 9.17) is 0 Å². The molecule has 18 heavy (non-hydrogen) atoms. The minimum Gasteiger partial charge on any atom is -0.352 e. The van der Waals surface area contributed by atoms with Crippen molar-refractivity contribution in [2.75, 3.05) is 26.2 Å². The SMILES string of the molecule is CC1NCCCC1C(=O)NC1CN2CCC1CC2. The molecule has 4 nitrogen and oxygen atoms in total. The van der Waals surface area contributed by atoms with E-state index >= 15 is 0 Å². The van der Waals surface area contributed by atoms with E-state index in [-0.39, 0.29) is 11.8 Å². The number of nitrogens with zero attached hydrogens (tertiary/aromatic N) is 1. The van der Waals surface area contributed by atoms with E-state index in [1.807, 2.05) is 0 Å². The second kappa shape index (κ2) is 5.17. The summed E-state index contributed by atoms with van der Waals surface area (Å²) >= 11 is 0. The fourth-order valence-corrected chi connectivity index (χ4v) is 3.82. The molecule has 1 amide bonds. The molecule has 4 aliphatic rings. The largest absolute Gasteiger partial charge is 0.352 e. The maximum absolute atomic E-state index is 12.4. The molecule has 4 aliphatic heterocycles. The maximum Gasteiger partial charge on any atom is 0.224 e. The van der Waals surface area contributed by atoms with Crippen LogP contribution in [0.4, 0.5) is 0 Å². The van der Waals surface area contributed by atoms with Gasteiger partial charge < -0.3 is 15.5 Å². The van der Waals surface area contributed by atoms with Gasteiger partial charge >= 0.3 is 0 Å². The Hall–Kier alpha value is -0.610. The topological polar surface area (TPSA) is 44.4 Å². The van der Waals surface area contributed by atoms with Crippen LogP contribution in [0.5, 0.6) is 0 Å². The fourth-order valence-electron chi connectivity index (χ4n) is 3.82. The second-order valence-corrected chi connectivity index (χ2v) is 6.24. The van der Waals surface area contributed by atoms with E-state index in [2.05, 4.69) is 22.5 Å². The molecule has 102 valence electrons. The van der Waals surface area contributed by atoms with E-state index in [0.29, 0.717) is 12.1 Å². The van der Waals surface area contributed by atoms with Crippen molar-refractivity contribution in [3.63, 3.8) is 0 Å². The van der Waals surface area contributed by atoms with Crippen molar-refractivity contribution in [3.8, 4) is 0 Å². The average Bonchev–Trinajstić information content (AvgIpc) is 2.40. The summed E-state index contributed by atoms with van der Waals surface area (Å²) in [4.78, 5) is 14.9. The molecule has 3 unspecified atom stereocenters. The van der Waals surface area contributed by atoms with Gasteiger partial charge in [0.25, 0.3) is 0 Å². The third-order valence-electron chi connectivity index (χ3n) is 5.08. The predicted octanol–water partition coefficient (Wildman–Crippen LogP) is 0.585. The number of fused-ring (bicyclic) bond motifs is 3. The van der Waals surface area contributed by atoms with Gasteiger partial charge in [0.2, 0.25) is 5.91 Å². The van der Waals surface area contributed by atoms with Crippen LogP contribution in [0.25, 0.3) is 0 Å². The van der Waals surface area contributed by atoms with E-state index in [1.54, 1.807) is 0 Å². The first-order chi connectivity index (χ1) is 8.74. The molecule has 0 aromatic heterocycles. The molecule has 0 aromatic carbocycles. The summed E-state index contributed by atoms with van der Waals surface area (Å²) in [6.45, 7) is 6.74. The zero-order valence-electron chi connectivity index (χ0n) is 11.3. The van der Waals surface area contributed by atoms with Crippen LogP contribution < -0.4 is 10.6 Å². The Balaban J connectivity index is 1.57. The van der Waals surface area contributed by atoms with Gasteiger partial charge in [-0.05, 0) is 58.2 Å². The van der Waals surface area contributed by atoms with Crippen LogP contribution in [0.1, 0.15) is 32.6 Å². The highest BCUT2D eigenvalue weighted by atomic mass is 16.2. The van der Waals surface area contributed by atoms with Gasteiger partial charge in [-0.1, -0.05) is 0 Å². The predicted molar refractivity (Wildman–Crippen MR) is 71.3 cm³/mol. The van der Waals surface area contributed by atoms with Gasteiger partial charge in [-0.2, -0.15) is 0 Å². The average molecular weight is 251 g/mol. The quantitative estimate of drug-likeness (QED) is 0.755. The van der Waals surface area contributed by atoms with Crippen molar-refractivity contribution in [1.82, 2.24) is 15.5 Å². The number of hydrogen-bond donors (Lipinski definition) is 2. The summed E-state index contributed by atoms with van der Waals surface area (Å²) in [5.74, 6) is 1.19. The lowest BCUT2D eigenvalue weighted by Gasteiger charge is -2.45. The highest BCUT2D eigenvalue weighted by molar-refractivity contribution is 5.79. The Morgan fingerprint density at radius 2 is 2.06 bits per heavy atom. The summed E-state index contributed by atoms with van der Waals surface area (Å²) in [7, 11) is 0. The van der Waals surface area contributed by atoms with Crippen LogP contribution in [-0.2, 0) is 4.79 Å². The Bertz CT molecular complexity index is 312. The number of hydrogen-bond acceptors (Lipinski definition) is 3. The fraction of sp³-hybridized carbons (Fsp3) is 0.929. The van der Waals surface area contributed by atoms with Crippen LogP contribution in [0.15, 0.2) is 0 Å². The van der Waals surface area contributed by atoms with Crippen LogP contribution >= 0.6 is 0 Å². The van der Waals surface area contributed by atoms with Gasteiger partial charge in [0.15, 0.2) is 0 Å². The molecule has 4 fully saturated rings. The zero-order valence-corrected chi connectivity index (χ0v) is 11.3. The molecule has 0 aliphatic carbocycles. The van der Waals surface area contributed by atoms with Crippen molar-refractivity contribution < 1.29 is 4.79 Å². The Kier molecular flexibility index (Phi) is 3.57. The lowest BCUT2D eigenvalue weighted by atomic mass is 9.83. The van der Waals surface area contributed by atoms with Crippen molar-refractivity contribution in [1.29, 1.82) is 0 Å². The molecule has 0 radical (unpaired) electrons. The van der Waals surface area contributed by atoms with Gasteiger partial charge in [0.1, 0.15) is 0 Å². The van der Waals surface area contributed by atoms with Crippen molar-refractivity contribution in [3.05, 3.63) is 0 Å². The molecular weight excluding hydrogens is 226 g/mol. The normalized spacial score (nSPS) is 43.7. The first-order valence-electron chi connectivity index (χ1n) is 7.50. The second-order valence-electron chi connectivity index (χ2n) is 6.24. The van der Waals surface area contributed by atoms with E-state index in [1.165, 1.54) is 25.9 Å². The lowest BCUT2D eigenvalue weighted by Crippen LogP contribution is -2.59. The molecule has 0 saturated carbocycles. The Morgan fingerprint density at radius 3 is 2.67 bits per heavy atom. The van der Waals surface area contributed by atoms with Crippen molar-refractivity contribution in [2.24, 2.45) is 11.8 Å². The molecule has 0 aromatic rings. The van der Waals surface area contributed by atoms with Gasteiger partial charge in [0.05, 0.1) is 5.92 Å². The number of carbonyl (C=O) groups excluding carboxylic acids is 1. The van der Waals surface area contributed by atoms with Crippen molar-refractivity contribution >= 4 is 5.91 Å². The minimum absolute atomic E-state index is 0.175. The minimum atomic E-state index is 0.175. The Morgan fingerprint density at radius 1 is 1.28 bits per heavy atom. The molecule has 4 saturated heterocycles. The molecule has 4 rings (SSSR count). The Labute approximate surface area is 109 Å². The summed E-state index contributed by atoms with van der Waals surface area (Å²) < 4.78 is 0. The molecule has 2 bridgehead atoms. The van der Waals surface area contributed by atoms with Gasteiger partial charge in [-0.15, -0.1) is 0 Å². The highest BCUT2D eigenvalue weighted by Crippen LogP contribution is 2.28. The third-order valence-corrected chi connectivity index (χ3v) is 5.08. The number of carbonyl (C=O) groups is 1. The molecule has 2 N–H and O–H groups in total. The monoisotopic (exact) mass is 251 g/mol. The van der Waals surface area contributed by atoms with Crippen LogP contribution in [0, 0.1) is 11.8 Å². The van der Waals surface area contributed by atoms with Crippen molar-refractivity contribution in [2.45, 2.75) is 44.7 Å². The number of nitrogens with one attached hydrogen (secondary N) is 2. The molecule has 4 heteroatoms. The zero-order chi connectivity index (χ0) is 12.5. The van der Waals surface area contributed by atoms with E-state index < -0.39 is 0 Å². The summed E-state index contributed by atoms with van der Waals surface area (Å²) in [5, 5.41) is 6.74. The van der Waals surface area contributed by atoms with Crippen LogP contribution in [0.2, 0.25) is 0 Å². The highest BCUT2D eigenvalue weighted by Gasteiger charge is 2.36. The molecular formula is C14H25N3O. The standard InChI is InChI=1S/C14H25N3O/c1-10-12(3-2-6-15-10)14(18)16-13-9-17-7-4-11(13)5-8-17/h10-13,15H,2-9H2,1H3,(H,16,18). The van der Waals surface area contributed by atoms with Gasteiger partial charge in [-0.3, -0.25) is 4.79 Å². The number of piperidine rings is 4. The third kappa shape index (κ3) is 2.41. The molecule has 4 heterocycles. The molecule has 0 spiro atoms. The lowest BCUT2D eigenvalue weighted by molar-refractivity contribution is -0.128. The van der Waals surface area contributed by atoms with E-state index in [9.17, 15) is 4.79 Å². The first-order valence-corrected chi connectivity index (χ1v) is 7.50. The summed E-state index contributed by atoms with van der Waals surface area (Å²) in [6.07, 6.45) is 4.70. The van der Waals surface area contributed by atoms with Crippen LogP contribution in [-0.4, -0.2) is 49.1 Å². The smallest absolute Gasteiger partial charge is 0.224 e.